The zero-order valence-corrected chi connectivity index (χ0v) is 11.7. The van der Waals surface area contributed by atoms with E-state index in [0.717, 1.165) is 0 Å². The maximum atomic E-state index is 12.3. The van der Waals surface area contributed by atoms with Crippen molar-refractivity contribution in [1.82, 2.24) is 6.15 Å². The van der Waals surface area contributed by atoms with E-state index < -0.39 is 7.82 Å². The van der Waals surface area contributed by atoms with Crippen molar-refractivity contribution in [3.05, 3.63) is 60.7 Å². The van der Waals surface area contributed by atoms with Gasteiger partial charge in [-0.2, -0.15) is 0 Å². The normalized spacial score (nSPS) is 10.4. The van der Waals surface area contributed by atoms with Crippen molar-refractivity contribution < 1.29 is 18.1 Å². The third-order valence-electron chi connectivity index (χ3n) is 2.14. The summed E-state index contributed by atoms with van der Waals surface area (Å²) in [5.41, 5.74) is 0. The van der Waals surface area contributed by atoms with Crippen LogP contribution in [-0.2, 0) is 9.09 Å². The number of benzene rings is 2. The van der Waals surface area contributed by atoms with Gasteiger partial charge in [-0.15, -0.1) is 0 Å². The van der Waals surface area contributed by atoms with E-state index in [9.17, 15) is 4.57 Å². The van der Waals surface area contributed by atoms with Crippen LogP contribution in [0.4, 0.5) is 0 Å². The number of rotatable bonds is 5. The van der Waals surface area contributed by atoms with Crippen LogP contribution in [0, 0.1) is 0 Å². The van der Waals surface area contributed by atoms with Crippen LogP contribution in [-0.4, -0.2) is 7.11 Å². The Kier molecular flexibility index (Phi) is 5.57. The predicted octanol–water partition coefficient (Wildman–Crippen LogP) is 4.28. The Morgan fingerprint density at radius 3 is 1.47 bits per heavy atom. The highest BCUT2D eigenvalue weighted by Gasteiger charge is 2.28. The molecular weight excluding hydrogens is 265 g/mol. The molecule has 0 fully saturated rings. The molecule has 0 spiro atoms. The van der Waals surface area contributed by atoms with Crippen LogP contribution in [0.3, 0.4) is 0 Å². The lowest BCUT2D eigenvalue weighted by atomic mass is 10.3. The van der Waals surface area contributed by atoms with Crippen molar-refractivity contribution in [3.63, 3.8) is 0 Å². The van der Waals surface area contributed by atoms with Gasteiger partial charge in [-0.1, -0.05) is 36.4 Å². The van der Waals surface area contributed by atoms with Gasteiger partial charge in [0.1, 0.15) is 11.5 Å². The number of phosphoric ester groups is 1. The Labute approximate surface area is 112 Å². The molecular formula is C13H17NO4P+. The summed E-state index contributed by atoms with van der Waals surface area (Å²) in [6, 6.07) is 17.5. The van der Waals surface area contributed by atoms with Crippen molar-refractivity contribution in [2.75, 3.05) is 7.11 Å². The van der Waals surface area contributed by atoms with Crippen molar-refractivity contribution in [2.24, 2.45) is 0 Å². The second kappa shape index (κ2) is 6.95. The Hall–Kier alpha value is -1.81. The van der Waals surface area contributed by atoms with Gasteiger partial charge in [0.15, 0.2) is 0 Å². The van der Waals surface area contributed by atoms with Gasteiger partial charge in [0, 0.05) is 7.11 Å². The molecule has 102 valence electrons. The molecule has 0 amide bonds. The molecule has 2 aromatic rings. The van der Waals surface area contributed by atoms with Crippen LogP contribution < -0.4 is 15.2 Å². The molecule has 2 aromatic carbocycles. The highest BCUT2D eigenvalue weighted by molar-refractivity contribution is 7.49. The van der Waals surface area contributed by atoms with Gasteiger partial charge < -0.3 is 15.2 Å². The number of para-hydroxylation sites is 2. The zero-order chi connectivity index (χ0) is 12.8. The van der Waals surface area contributed by atoms with Gasteiger partial charge in [0.2, 0.25) is 0 Å². The molecule has 0 radical (unpaired) electrons. The minimum Gasteiger partial charge on any atom is -0.395 e. The molecule has 4 N–H and O–H groups in total. The maximum absolute atomic E-state index is 12.3. The fourth-order valence-corrected chi connectivity index (χ4v) is 2.26. The molecule has 0 aliphatic rings. The lowest BCUT2D eigenvalue weighted by Crippen LogP contribution is -2.02. The Morgan fingerprint density at radius 1 is 0.789 bits per heavy atom. The highest BCUT2D eigenvalue weighted by atomic mass is 31.2. The van der Waals surface area contributed by atoms with Crippen molar-refractivity contribution in [3.8, 4) is 11.5 Å². The fourth-order valence-electron chi connectivity index (χ4n) is 1.31. The highest BCUT2D eigenvalue weighted by Crippen LogP contribution is 2.48. The van der Waals surface area contributed by atoms with Gasteiger partial charge in [-0.25, -0.2) is 4.57 Å². The van der Waals surface area contributed by atoms with Crippen LogP contribution in [0.2, 0.25) is 0 Å². The first kappa shape index (κ1) is 15.2. The summed E-state index contributed by atoms with van der Waals surface area (Å²) in [6.07, 6.45) is 0. The summed E-state index contributed by atoms with van der Waals surface area (Å²) < 4.78 is 27.6. The molecule has 0 unspecified atom stereocenters. The minimum absolute atomic E-state index is 0. The molecule has 0 aliphatic carbocycles. The molecule has 2 rings (SSSR count). The number of hydrogen-bond acceptors (Lipinski definition) is 4. The monoisotopic (exact) mass is 282 g/mol. The lowest BCUT2D eigenvalue weighted by Gasteiger charge is -2.16. The second-order valence-electron chi connectivity index (χ2n) is 3.44. The van der Waals surface area contributed by atoms with Crippen LogP contribution >= 0.6 is 7.82 Å². The maximum Gasteiger partial charge on any atom is 0.587 e. The number of quaternary nitrogens is 1. The topological polar surface area (TPSA) is 81.3 Å². The molecule has 6 heteroatoms. The van der Waals surface area contributed by atoms with E-state index in [-0.39, 0.29) is 6.15 Å². The van der Waals surface area contributed by atoms with Crippen LogP contribution in [0.25, 0.3) is 0 Å². The van der Waals surface area contributed by atoms with Gasteiger partial charge in [-0.3, -0.25) is 4.52 Å². The van der Waals surface area contributed by atoms with Crippen LogP contribution in [0.15, 0.2) is 60.7 Å². The van der Waals surface area contributed by atoms with Gasteiger partial charge in [0.25, 0.3) is 0 Å². The quantitative estimate of drug-likeness (QED) is 0.830. The average Bonchev–Trinajstić information content (AvgIpc) is 2.41. The lowest BCUT2D eigenvalue weighted by molar-refractivity contribution is 0.250. The molecule has 0 aromatic heterocycles. The van der Waals surface area contributed by atoms with Gasteiger partial charge >= 0.3 is 7.82 Å². The first-order chi connectivity index (χ1) is 8.72. The third-order valence-corrected chi connectivity index (χ3v) is 3.46. The van der Waals surface area contributed by atoms with Crippen LogP contribution in [0.1, 0.15) is 0 Å². The van der Waals surface area contributed by atoms with E-state index in [1.165, 1.54) is 7.11 Å². The van der Waals surface area contributed by atoms with Gasteiger partial charge in [-0.05, 0) is 24.3 Å². The largest absolute Gasteiger partial charge is 0.587 e. The van der Waals surface area contributed by atoms with Crippen molar-refractivity contribution >= 4 is 7.82 Å². The minimum atomic E-state index is -3.64. The Bertz CT molecular complexity index is 487. The zero-order valence-electron chi connectivity index (χ0n) is 10.9. The summed E-state index contributed by atoms with van der Waals surface area (Å²) in [5, 5.41) is 0. The fraction of sp³-hybridized carbons (Fsp3) is 0.0769. The molecule has 0 atom stereocenters. The molecule has 0 heterocycles. The smallest absolute Gasteiger partial charge is 0.395 e. The Morgan fingerprint density at radius 2 is 1.16 bits per heavy atom. The first-order valence-corrected chi connectivity index (χ1v) is 6.83. The van der Waals surface area contributed by atoms with E-state index >= 15 is 0 Å². The molecule has 0 saturated carbocycles. The Balaban J connectivity index is 0.00000180. The van der Waals surface area contributed by atoms with E-state index in [0.29, 0.717) is 11.5 Å². The average molecular weight is 282 g/mol. The molecule has 0 aliphatic heterocycles. The van der Waals surface area contributed by atoms with E-state index in [2.05, 4.69) is 0 Å². The summed E-state index contributed by atoms with van der Waals surface area (Å²) >= 11 is 0. The van der Waals surface area contributed by atoms with E-state index in [1.54, 1.807) is 48.5 Å². The number of hydrogen-bond donors (Lipinski definition) is 1. The van der Waals surface area contributed by atoms with Crippen molar-refractivity contribution in [1.29, 1.82) is 0 Å². The SMILES string of the molecule is COP(=O)(Oc1ccccc1)Oc1ccccc1.[NH4+]. The standard InChI is InChI=1S/C13H13O4P.H3N/c1-15-18(14,16-12-8-4-2-5-9-12)17-13-10-6-3-7-11-13;/h2-11H,1H3;1H3/p+1. The summed E-state index contributed by atoms with van der Waals surface area (Å²) in [6.45, 7) is 0. The second-order valence-corrected chi connectivity index (χ2v) is 5.06. The number of phosphoric acid groups is 1. The van der Waals surface area contributed by atoms with Crippen LogP contribution in [0.5, 0.6) is 11.5 Å². The molecule has 0 saturated heterocycles. The van der Waals surface area contributed by atoms with E-state index in [4.69, 9.17) is 13.6 Å². The first-order valence-electron chi connectivity index (χ1n) is 5.37. The summed E-state index contributed by atoms with van der Waals surface area (Å²) in [5.74, 6) is 0.859. The van der Waals surface area contributed by atoms with Gasteiger partial charge in [0.05, 0.1) is 0 Å². The third kappa shape index (κ3) is 4.41. The summed E-state index contributed by atoms with van der Waals surface area (Å²) in [7, 11) is -2.36. The summed E-state index contributed by atoms with van der Waals surface area (Å²) in [4.78, 5) is 0. The molecule has 19 heavy (non-hydrogen) atoms. The predicted molar refractivity (Wildman–Crippen MR) is 74.7 cm³/mol. The van der Waals surface area contributed by atoms with Crippen molar-refractivity contribution in [2.45, 2.75) is 0 Å². The molecule has 0 bridgehead atoms. The van der Waals surface area contributed by atoms with E-state index in [1.807, 2.05) is 12.1 Å². The molecule has 5 nitrogen and oxygen atoms in total.